The zero-order valence-electron chi connectivity index (χ0n) is 46.5. The van der Waals surface area contributed by atoms with Crippen molar-refractivity contribution in [2.24, 2.45) is 5.92 Å². The number of benzene rings is 2. The summed E-state index contributed by atoms with van der Waals surface area (Å²) < 4.78 is 11.5. The van der Waals surface area contributed by atoms with Gasteiger partial charge in [-0.25, -0.2) is 9.59 Å². The number of amides is 9. The standard InChI is InChI=1S/C55H77N9O15/c1-11-17-41(66)56-30(6)47(69)61-46(32(8)78-54(76)31(7)57-42(67)18-12-2)51(73)62-45-33(9)79-55(77)44(29(4)5)60-49(71)39(27-35-21-23-36(65)24-22-35)63(10)53(75)40(28-34-19-15-14-16-20-34)64-43(68)26-25-38(52(64)74)59-48(70)37(13-3)58-50(45)72/h13-16,19-24,29-33,38-40,43-46,65,68H,11-12,17-18,25-28H2,1-10H3,(H,56,66)(H,57,67)(H,58,72)(H,59,70)(H,60,71)(H,61,69)(H,62,73)/b37-13+/t30-,31-,32+,33+,38-,39-,40-,43?,44?,45-,46-/m0/s1. The maximum absolute atomic E-state index is 15.1. The molecule has 4 rings (SSSR count). The molecule has 0 radical (unpaired) electrons. The van der Waals surface area contributed by atoms with Crippen molar-refractivity contribution in [1.82, 2.24) is 47.0 Å². The van der Waals surface area contributed by atoms with Gasteiger partial charge in [0, 0.05) is 32.7 Å². The minimum Gasteiger partial charge on any atom is -0.508 e. The highest BCUT2D eigenvalue weighted by atomic mass is 16.6. The van der Waals surface area contributed by atoms with Gasteiger partial charge in [-0.05, 0) is 89.5 Å². The van der Waals surface area contributed by atoms with Gasteiger partial charge in [0.15, 0.2) is 0 Å². The first-order valence-corrected chi connectivity index (χ1v) is 26.6. The second kappa shape index (κ2) is 29.7. The number of nitrogens with zero attached hydrogens (tertiary/aromatic N) is 2. The molecular weight excluding hydrogens is 1030 g/mol. The summed E-state index contributed by atoms with van der Waals surface area (Å²) in [6, 6.07) is 2.31. The van der Waals surface area contributed by atoms with E-state index >= 15 is 4.79 Å². The second-order valence-electron chi connectivity index (χ2n) is 20.1. The van der Waals surface area contributed by atoms with Crippen LogP contribution in [0.5, 0.6) is 5.75 Å². The number of carbonyl (C=O) groups is 11. The molecular formula is C55H77N9O15. The van der Waals surface area contributed by atoms with Crippen LogP contribution in [0.1, 0.15) is 112 Å². The number of allylic oxidation sites excluding steroid dienone is 1. The van der Waals surface area contributed by atoms with E-state index in [1.165, 1.54) is 72.0 Å². The van der Waals surface area contributed by atoms with Gasteiger partial charge in [-0.15, -0.1) is 0 Å². The number of cyclic esters (lactones) is 1. The molecule has 2 aliphatic heterocycles. The highest BCUT2D eigenvalue weighted by Crippen LogP contribution is 2.26. The molecule has 2 fully saturated rings. The first-order valence-electron chi connectivity index (χ1n) is 26.6. The fraction of sp³-hybridized carbons (Fsp3) is 0.545. The molecule has 9 N–H and O–H groups in total. The molecule has 79 heavy (non-hydrogen) atoms. The third kappa shape index (κ3) is 17.8. The number of nitrogens with one attached hydrogen (secondary N) is 7. The normalized spacial score (nSPS) is 23.7. The third-order valence-electron chi connectivity index (χ3n) is 13.4. The van der Waals surface area contributed by atoms with E-state index in [-0.39, 0.29) is 44.3 Å². The van der Waals surface area contributed by atoms with Crippen LogP contribution in [0.2, 0.25) is 0 Å². The smallest absolute Gasteiger partial charge is 0.329 e. The highest BCUT2D eigenvalue weighted by molar-refractivity contribution is 6.03. The van der Waals surface area contributed by atoms with Crippen molar-refractivity contribution in [3.63, 3.8) is 0 Å². The number of ether oxygens (including phenoxy) is 2. The highest BCUT2D eigenvalue weighted by Gasteiger charge is 2.46. The van der Waals surface area contributed by atoms with Crippen molar-refractivity contribution < 1.29 is 72.4 Å². The predicted octanol–water partition coefficient (Wildman–Crippen LogP) is 0.416. The van der Waals surface area contributed by atoms with Crippen LogP contribution in [0.3, 0.4) is 0 Å². The van der Waals surface area contributed by atoms with E-state index in [9.17, 15) is 58.2 Å². The minimum absolute atomic E-state index is 0.0724. The first kappa shape index (κ1) is 63.6. The van der Waals surface area contributed by atoms with Crippen LogP contribution in [0.4, 0.5) is 0 Å². The summed E-state index contributed by atoms with van der Waals surface area (Å²) >= 11 is 0. The number of aliphatic hydroxyl groups excluding tert-OH is 1. The van der Waals surface area contributed by atoms with Gasteiger partial charge >= 0.3 is 11.9 Å². The number of piperidine rings is 1. The summed E-state index contributed by atoms with van der Waals surface area (Å²) in [7, 11) is 1.33. The van der Waals surface area contributed by atoms with E-state index in [4.69, 9.17) is 9.47 Å². The summed E-state index contributed by atoms with van der Waals surface area (Å²) in [6.45, 7) is 13.2. The lowest BCUT2D eigenvalue weighted by molar-refractivity contribution is -0.165. The number of likely N-dealkylation sites (N-methyl/N-ethyl adjacent to an activating group) is 1. The quantitative estimate of drug-likeness (QED) is 0.0722. The lowest BCUT2D eigenvalue weighted by Gasteiger charge is -2.43. The first-order chi connectivity index (χ1) is 37.3. The van der Waals surface area contributed by atoms with Gasteiger partial charge in [0.2, 0.25) is 41.4 Å². The Morgan fingerprint density at radius 2 is 1.34 bits per heavy atom. The molecule has 2 unspecified atom stereocenters. The minimum atomic E-state index is -1.97. The number of esters is 2. The van der Waals surface area contributed by atoms with Crippen molar-refractivity contribution in [3.05, 3.63) is 77.5 Å². The van der Waals surface area contributed by atoms with Crippen molar-refractivity contribution in [1.29, 1.82) is 0 Å². The van der Waals surface area contributed by atoms with Crippen LogP contribution in [0, 0.1) is 5.92 Å². The monoisotopic (exact) mass is 1100 g/mol. The van der Waals surface area contributed by atoms with Gasteiger partial charge in [0.25, 0.3) is 11.8 Å². The summed E-state index contributed by atoms with van der Waals surface area (Å²) in [4.78, 5) is 156. The number of phenols is 1. The number of phenolic OH excluding ortho intramolecular Hbond substituents is 1. The number of fused-ring (bicyclic) bond motifs is 2. The van der Waals surface area contributed by atoms with Crippen LogP contribution in [0.15, 0.2) is 66.4 Å². The Kier molecular flexibility index (Phi) is 24.0. The number of hydrogen-bond acceptors (Lipinski definition) is 15. The summed E-state index contributed by atoms with van der Waals surface area (Å²) in [5, 5.41) is 39.2. The van der Waals surface area contributed by atoms with Gasteiger partial charge in [0.05, 0.1) is 0 Å². The van der Waals surface area contributed by atoms with Gasteiger partial charge in [-0.2, -0.15) is 0 Å². The van der Waals surface area contributed by atoms with Gasteiger partial charge in [0.1, 0.15) is 78.2 Å². The molecule has 2 aliphatic rings. The largest absolute Gasteiger partial charge is 0.508 e. The molecule has 2 heterocycles. The fourth-order valence-corrected chi connectivity index (χ4v) is 8.84. The molecule has 11 atom stereocenters. The summed E-state index contributed by atoms with van der Waals surface area (Å²) in [5.74, 6) is -10.8. The Hall–Kier alpha value is -7.89. The van der Waals surface area contributed by atoms with Crippen molar-refractivity contribution >= 4 is 65.1 Å². The Bertz CT molecular complexity index is 2560. The number of aliphatic hydroxyl groups is 1. The van der Waals surface area contributed by atoms with E-state index < -0.39 is 143 Å². The van der Waals surface area contributed by atoms with Crippen LogP contribution < -0.4 is 37.2 Å². The van der Waals surface area contributed by atoms with Crippen LogP contribution >= 0.6 is 0 Å². The molecule has 0 spiro atoms. The van der Waals surface area contributed by atoms with Crippen molar-refractivity contribution in [2.45, 2.75) is 180 Å². The number of aromatic hydroxyl groups is 1. The number of rotatable bonds is 18. The Morgan fingerprint density at radius 3 is 1.92 bits per heavy atom. The Labute approximate surface area is 459 Å². The summed E-state index contributed by atoms with van der Waals surface area (Å²) in [5.41, 5.74) is 0.583. The zero-order valence-corrected chi connectivity index (χ0v) is 46.5. The lowest BCUT2D eigenvalue weighted by atomic mass is 9.95. The molecule has 2 saturated heterocycles. The van der Waals surface area contributed by atoms with E-state index in [2.05, 4.69) is 37.2 Å². The van der Waals surface area contributed by atoms with E-state index in [1.54, 1.807) is 58.0 Å². The fourth-order valence-electron chi connectivity index (χ4n) is 8.84. The van der Waals surface area contributed by atoms with Crippen LogP contribution in [-0.2, 0) is 75.1 Å². The number of hydrogen-bond donors (Lipinski definition) is 9. The van der Waals surface area contributed by atoms with E-state index in [0.717, 1.165) is 9.80 Å². The third-order valence-corrected chi connectivity index (χ3v) is 13.4. The maximum Gasteiger partial charge on any atom is 0.329 e. The molecule has 24 heteroatoms. The second-order valence-corrected chi connectivity index (χ2v) is 20.1. The Balaban J connectivity index is 1.85. The average molecular weight is 1100 g/mol. The molecule has 9 amide bonds. The van der Waals surface area contributed by atoms with Crippen molar-refractivity contribution in [2.75, 3.05) is 7.05 Å². The van der Waals surface area contributed by atoms with Crippen LogP contribution in [0.25, 0.3) is 0 Å². The Morgan fingerprint density at radius 1 is 0.759 bits per heavy atom. The molecule has 2 aromatic carbocycles. The topological polar surface area (TPSA) is 337 Å². The zero-order chi connectivity index (χ0) is 58.8. The molecule has 0 aromatic heterocycles. The summed E-state index contributed by atoms with van der Waals surface area (Å²) in [6.07, 6.45) is -3.10. The number of carbonyl (C=O) groups excluding carboxylic acids is 11. The van der Waals surface area contributed by atoms with Gasteiger partial charge < -0.3 is 66.7 Å². The maximum atomic E-state index is 15.1. The lowest BCUT2D eigenvalue weighted by Crippen LogP contribution is -2.64. The molecule has 24 nitrogen and oxygen atoms in total. The molecule has 432 valence electrons. The molecule has 0 saturated carbocycles. The average Bonchev–Trinajstić information content (AvgIpc) is 3.43. The van der Waals surface area contributed by atoms with Gasteiger partial charge in [-0.3, -0.25) is 43.2 Å². The predicted molar refractivity (Wildman–Crippen MR) is 285 cm³/mol. The SMILES string of the molecule is C/C=C1/NC(=O)[C@@H](NC(=O)[C@@H](NC(=O)[C@H](C)NC(=O)CCC)[C@@H](C)OC(=O)[C@H](C)NC(=O)CCC)[C@@H](C)OC(=O)C(C(C)C)NC(=O)[C@H](Cc2ccc(O)cc2)N(C)C(=O)[C@H](Cc2ccccc2)N2C(=O)[C@H](CCC2O)NC1=O. The van der Waals surface area contributed by atoms with Gasteiger partial charge in [-0.1, -0.05) is 76.2 Å². The molecule has 0 aliphatic carbocycles. The van der Waals surface area contributed by atoms with E-state index in [1.807, 2.05) is 0 Å². The van der Waals surface area contributed by atoms with Crippen LogP contribution in [-0.4, -0.2) is 159 Å². The van der Waals surface area contributed by atoms with Crippen molar-refractivity contribution in [3.8, 4) is 5.75 Å². The van der Waals surface area contributed by atoms with E-state index in [0.29, 0.717) is 24.0 Å². The molecule has 2 bridgehead atoms. The molecule has 2 aromatic rings.